The fraction of sp³-hybridized carbons (Fsp3) is 0.316. The Morgan fingerprint density at radius 3 is 2.72 bits per heavy atom. The normalized spacial score (nSPS) is 17.8. The van der Waals surface area contributed by atoms with Gasteiger partial charge in [0.25, 0.3) is 11.8 Å². The zero-order valence-electron chi connectivity index (χ0n) is 13.9. The van der Waals surface area contributed by atoms with Crippen LogP contribution in [0.5, 0.6) is 0 Å². The van der Waals surface area contributed by atoms with Gasteiger partial charge >= 0.3 is 0 Å². The first-order valence-electron chi connectivity index (χ1n) is 8.31. The van der Waals surface area contributed by atoms with Crippen LogP contribution in [0.15, 0.2) is 48.5 Å². The van der Waals surface area contributed by atoms with Crippen molar-refractivity contribution in [2.75, 3.05) is 26.3 Å². The number of primary amides is 1. The largest absolute Gasteiger partial charge is 0.379 e. The van der Waals surface area contributed by atoms with E-state index in [1.165, 1.54) is 0 Å². The molecule has 0 radical (unpaired) electrons. The Morgan fingerprint density at radius 2 is 1.96 bits per heavy atom. The van der Waals surface area contributed by atoms with Crippen molar-refractivity contribution < 1.29 is 14.3 Å². The van der Waals surface area contributed by atoms with Gasteiger partial charge in [0, 0.05) is 30.3 Å². The molecular weight excluding hydrogens is 318 g/mol. The molecule has 1 atom stereocenters. The highest BCUT2D eigenvalue weighted by atomic mass is 16.5. The Balaban J connectivity index is 1.71. The van der Waals surface area contributed by atoms with E-state index in [4.69, 9.17) is 10.5 Å². The summed E-state index contributed by atoms with van der Waals surface area (Å²) in [6, 6.07) is 14.5. The fourth-order valence-electron chi connectivity index (χ4n) is 2.98. The molecule has 1 saturated heterocycles. The Kier molecular flexibility index (Phi) is 5.40. The van der Waals surface area contributed by atoms with Gasteiger partial charge in [-0.2, -0.15) is 0 Å². The molecular formula is C19H21N3O3. The quantitative estimate of drug-likeness (QED) is 0.915. The molecule has 2 amide bonds. The number of amides is 2. The molecule has 6 heteroatoms. The number of hydrogen-bond donors (Lipinski definition) is 1. The molecule has 3 rings (SSSR count). The van der Waals surface area contributed by atoms with Crippen LogP contribution in [-0.2, 0) is 11.2 Å². The molecule has 0 bridgehead atoms. The molecule has 1 aromatic carbocycles. The maximum absolute atomic E-state index is 12.7. The number of carbonyl (C=O) groups excluding carboxylic acids is 2. The van der Waals surface area contributed by atoms with Gasteiger partial charge in [0.1, 0.15) is 5.69 Å². The zero-order valence-corrected chi connectivity index (χ0v) is 13.9. The van der Waals surface area contributed by atoms with Crippen molar-refractivity contribution in [3.63, 3.8) is 0 Å². The lowest BCUT2D eigenvalue weighted by Gasteiger charge is -2.23. The summed E-state index contributed by atoms with van der Waals surface area (Å²) < 4.78 is 5.66. The van der Waals surface area contributed by atoms with Crippen LogP contribution in [0.2, 0.25) is 0 Å². The summed E-state index contributed by atoms with van der Waals surface area (Å²) in [6.45, 7) is 2.24. The fourth-order valence-corrected chi connectivity index (χ4v) is 2.98. The molecule has 2 heterocycles. The Labute approximate surface area is 146 Å². The third kappa shape index (κ3) is 4.42. The van der Waals surface area contributed by atoms with Gasteiger partial charge in [-0.3, -0.25) is 9.59 Å². The zero-order chi connectivity index (χ0) is 17.6. The molecule has 1 aliphatic rings. The molecule has 1 fully saturated rings. The van der Waals surface area contributed by atoms with E-state index < -0.39 is 5.91 Å². The summed E-state index contributed by atoms with van der Waals surface area (Å²) in [5.74, 6) is -0.416. The van der Waals surface area contributed by atoms with Gasteiger partial charge in [-0.25, -0.2) is 4.98 Å². The SMILES string of the molecule is NC(=O)c1cccc(CC2COCCN(C(=O)c3ccccc3)C2)n1. The molecule has 0 saturated carbocycles. The number of nitrogens with two attached hydrogens (primary N) is 1. The van der Waals surface area contributed by atoms with Crippen LogP contribution in [0.4, 0.5) is 0 Å². The second-order valence-electron chi connectivity index (χ2n) is 6.14. The number of ether oxygens (including phenoxy) is 1. The van der Waals surface area contributed by atoms with Crippen LogP contribution in [0.25, 0.3) is 0 Å². The van der Waals surface area contributed by atoms with Gasteiger partial charge in [0.15, 0.2) is 0 Å². The van der Waals surface area contributed by atoms with E-state index in [9.17, 15) is 9.59 Å². The van der Waals surface area contributed by atoms with Gasteiger partial charge in [0.2, 0.25) is 0 Å². The number of aromatic nitrogens is 1. The van der Waals surface area contributed by atoms with E-state index in [2.05, 4.69) is 4.98 Å². The Hall–Kier alpha value is -2.73. The predicted octanol–water partition coefficient (Wildman–Crippen LogP) is 1.51. The maximum Gasteiger partial charge on any atom is 0.267 e. The molecule has 6 nitrogen and oxygen atoms in total. The minimum atomic E-state index is -0.542. The summed E-state index contributed by atoms with van der Waals surface area (Å²) in [6.07, 6.45) is 0.625. The third-order valence-corrected chi connectivity index (χ3v) is 4.20. The van der Waals surface area contributed by atoms with E-state index in [1.807, 2.05) is 41.3 Å². The van der Waals surface area contributed by atoms with Crippen LogP contribution >= 0.6 is 0 Å². The lowest BCUT2D eigenvalue weighted by molar-refractivity contribution is 0.0737. The molecule has 1 aromatic heterocycles. The number of rotatable bonds is 4. The molecule has 25 heavy (non-hydrogen) atoms. The monoisotopic (exact) mass is 339 g/mol. The topological polar surface area (TPSA) is 85.5 Å². The van der Waals surface area contributed by atoms with Gasteiger partial charge < -0.3 is 15.4 Å². The number of hydrogen-bond acceptors (Lipinski definition) is 4. The van der Waals surface area contributed by atoms with Crippen molar-refractivity contribution in [1.82, 2.24) is 9.88 Å². The molecule has 1 aliphatic heterocycles. The van der Waals surface area contributed by atoms with Crippen molar-refractivity contribution in [2.45, 2.75) is 6.42 Å². The molecule has 130 valence electrons. The highest BCUT2D eigenvalue weighted by Gasteiger charge is 2.24. The Morgan fingerprint density at radius 1 is 1.16 bits per heavy atom. The standard InChI is InChI=1S/C19H21N3O3/c20-18(23)17-8-4-7-16(21-17)11-14-12-22(9-10-25-13-14)19(24)15-5-2-1-3-6-15/h1-8,14H,9-13H2,(H2,20,23). The first-order chi connectivity index (χ1) is 12.1. The first kappa shape index (κ1) is 17.1. The average molecular weight is 339 g/mol. The number of nitrogens with zero attached hydrogens (tertiary/aromatic N) is 2. The summed E-state index contributed by atoms with van der Waals surface area (Å²) in [5.41, 5.74) is 7.00. The van der Waals surface area contributed by atoms with Crippen LogP contribution in [0.3, 0.4) is 0 Å². The highest BCUT2D eigenvalue weighted by molar-refractivity contribution is 5.94. The van der Waals surface area contributed by atoms with E-state index in [0.717, 1.165) is 5.69 Å². The summed E-state index contributed by atoms with van der Waals surface area (Å²) >= 11 is 0. The third-order valence-electron chi connectivity index (χ3n) is 4.20. The lowest BCUT2D eigenvalue weighted by atomic mass is 10.0. The van der Waals surface area contributed by atoms with Crippen LogP contribution < -0.4 is 5.73 Å². The summed E-state index contributed by atoms with van der Waals surface area (Å²) in [4.78, 5) is 30.1. The molecule has 2 aromatic rings. The van der Waals surface area contributed by atoms with Gasteiger partial charge in [-0.1, -0.05) is 24.3 Å². The molecule has 0 spiro atoms. The molecule has 2 N–H and O–H groups in total. The van der Waals surface area contributed by atoms with E-state index in [-0.39, 0.29) is 17.5 Å². The van der Waals surface area contributed by atoms with Gasteiger partial charge in [-0.15, -0.1) is 0 Å². The highest BCUT2D eigenvalue weighted by Crippen LogP contribution is 2.15. The number of benzene rings is 1. The molecule has 0 aliphatic carbocycles. The van der Waals surface area contributed by atoms with Crippen LogP contribution in [0, 0.1) is 5.92 Å². The maximum atomic E-state index is 12.7. The van der Waals surface area contributed by atoms with Crippen molar-refractivity contribution in [1.29, 1.82) is 0 Å². The van der Waals surface area contributed by atoms with Crippen molar-refractivity contribution in [2.24, 2.45) is 11.7 Å². The number of carbonyl (C=O) groups is 2. The van der Waals surface area contributed by atoms with Crippen molar-refractivity contribution in [3.8, 4) is 0 Å². The van der Waals surface area contributed by atoms with Gasteiger partial charge in [-0.05, 0) is 30.7 Å². The lowest BCUT2D eigenvalue weighted by Crippen LogP contribution is -2.36. The minimum Gasteiger partial charge on any atom is -0.379 e. The second kappa shape index (κ2) is 7.90. The average Bonchev–Trinajstić information content (AvgIpc) is 2.87. The van der Waals surface area contributed by atoms with Crippen LogP contribution in [-0.4, -0.2) is 48.0 Å². The number of pyridine rings is 1. The summed E-state index contributed by atoms with van der Waals surface area (Å²) in [7, 11) is 0. The Bertz CT molecular complexity index is 749. The second-order valence-corrected chi connectivity index (χ2v) is 6.14. The van der Waals surface area contributed by atoms with E-state index in [0.29, 0.717) is 38.3 Å². The predicted molar refractivity (Wildman–Crippen MR) is 93.1 cm³/mol. The van der Waals surface area contributed by atoms with Crippen molar-refractivity contribution >= 4 is 11.8 Å². The van der Waals surface area contributed by atoms with E-state index in [1.54, 1.807) is 12.1 Å². The smallest absolute Gasteiger partial charge is 0.267 e. The minimum absolute atomic E-state index is 0.00921. The molecule has 1 unspecified atom stereocenters. The van der Waals surface area contributed by atoms with Crippen molar-refractivity contribution in [3.05, 3.63) is 65.5 Å². The van der Waals surface area contributed by atoms with E-state index >= 15 is 0 Å². The first-order valence-corrected chi connectivity index (χ1v) is 8.31. The summed E-state index contributed by atoms with van der Waals surface area (Å²) in [5, 5.41) is 0. The van der Waals surface area contributed by atoms with Crippen LogP contribution in [0.1, 0.15) is 26.5 Å². The van der Waals surface area contributed by atoms with Gasteiger partial charge in [0.05, 0.1) is 13.2 Å².